The average Bonchev–Trinajstić information content (AvgIpc) is 3.24. The second kappa shape index (κ2) is 32.0. The molecule has 0 spiro atoms. The van der Waals surface area contributed by atoms with Crippen LogP contribution in [0.1, 0.15) is 128 Å². The van der Waals surface area contributed by atoms with E-state index in [1.807, 2.05) is 41.5 Å². The first-order valence-corrected chi connectivity index (χ1v) is 24.5. The number of hydrogen-bond acceptors (Lipinski definition) is 15. The van der Waals surface area contributed by atoms with E-state index in [0.717, 1.165) is 0 Å². The molecule has 13 N–H and O–H groups in total. The summed E-state index contributed by atoms with van der Waals surface area (Å²) >= 11 is 0. The van der Waals surface area contributed by atoms with Gasteiger partial charge in [-0.15, -0.1) is 0 Å². The molecule has 7 amide bonds. The molecule has 0 aromatic heterocycles. The van der Waals surface area contributed by atoms with E-state index in [4.69, 9.17) is 9.47 Å². The van der Waals surface area contributed by atoms with Crippen LogP contribution < -0.4 is 37.2 Å². The van der Waals surface area contributed by atoms with Gasteiger partial charge in [-0.2, -0.15) is 0 Å². The summed E-state index contributed by atoms with van der Waals surface area (Å²) in [7, 11) is 0. The van der Waals surface area contributed by atoms with E-state index in [2.05, 4.69) is 37.2 Å². The summed E-state index contributed by atoms with van der Waals surface area (Å²) < 4.78 is 10.6. The zero-order valence-electron chi connectivity index (χ0n) is 42.7. The van der Waals surface area contributed by atoms with Crippen LogP contribution in [0.4, 0.5) is 0 Å². The molecule has 69 heavy (non-hydrogen) atoms. The lowest BCUT2D eigenvalue weighted by Crippen LogP contribution is -2.59. The fraction of sp³-hybridized carbons (Fsp3) is 0.851. The fourth-order valence-corrected chi connectivity index (χ4v) is 7.51. The maximum Gasteiger partial charge on any atom is 0.243 e. The number of hydrogen-bond donors (Lipinski definition) is 13. The Kier molecular flexibility index (Phi) is 29.3. The van der Waals surface area contributed by atoms with Crippen molar-refractivity contribution < 1.29 is 73.7 Å². The Morgan fingerprint density at radius 1 is 0.536 bits per heavy atom. The summed E-state index contributed by atoms with van der Waals surface area (Å²) in [4.78, 5) is 91.1. The first-order chi connectivity index (χ1) is 32.2. The molecule has 1 fully saturated rings. The highest BCUT2D eigenvalue weighted by molar-refractivity contribution is 5.92. The van der Waals surface area contributed by atoms with Gasteiger partial charge in [0.05, 0.1) is 50.3 Å². The molecule has 0 unspecified atom stereocenters. The third-order valence-corrected chi connectivity index (χ3v) is 11.4. The topological polar surface area (TPSA) is 344 Å². The van der Waals surface area contributed by atoms with E-state index in [1.54, 1.807) is 27.7 Å². The van der Waals surface area contributed by atoms with Gasteiger partial charge < -0.3 is 77.3 Å². The summed E-state index contributed by atoms with van der Waals surface area (Å²) in [6, 6.07) is -4.78. The van der Waals surface area contributed by atoms with Crippen LogP contribution in [-0.2, 0) is 43.0 Å². The minimum absolute atomic E-state index is 0.000103. The lowest BCUT2D eigenvalue weighted by Gasteiger charge is -2.39. The van der Waals surface area contributed by atoms with Crippen LogP contribution in [0, 0.1) is 29.6 Å². The largest absolute Gasteiger partial charge is 0.394 e. The first kappa shape index (κ1) is 63.0. The van der Waals surface area contributed by atoms with Crippen molar-refractivity contribution in [2.45, 2.75) is 201 Å². The highest BCUT2D eigenvalue weighted by Gasteiger charge is 2.44. The average molecular weight is 990 g/mol. The van der Waals surface area contributed by atoms with Crippen LogP contribution in [-0.4, -0.2) is 171 Å². The van der Waals surface area contributed by atoms with E-state index in [0.29, 0.717) is 12.8 Å². The number of aliphatic hydroxyl groups is 6. The number of carbonyl (C=O) groups is 7. The van der Waals surface area contributed by atoms with Gasteiger partial charge in [-0.1, -0.05) is 69.2 Å². The Hall–Kier alpha value is -4.03. The summed E-state index contributed by atoms with van der Waals surface area (Å²) in [6.45, 7) is 19.6. The first-order valence-electron chi connectivity index (χ1n) is 24.5. The Balaban J connectivity index is 2.69. The summed E-state index contributed by atoms with van der Waals surface area (Å²) in [5.41, 5.74) is 0. The summed E-state index contributed by atoms with van der Waals surface area (Å²) in [5.74, 6) is -4.08. The monoisotopic (exact) mass is 990 g/mol. The van der Waals surface area contributed by atoms with Gasteiger partial charge in [0, 0.05) is 25.9 Å². The molecule has 0 aromatic carbocycles. The smallest absolute Gasteiger partial charge is 0.243 e. The maximum atomic E-state index is 13.7. The molecule has 400 valence electrons. The van der Waals surface area contributed by atoms with Gasteiger partial charge >= 0.3 is 0 Å². The van der Waals surface area contributed by atoms with E-state index < -0.39 is 116 Å². The predicted octanol–water partition coefficient (Wildman–Crippen LogP) is -1.40. The number of rotatable bonds is 32. The lowest BCUT2D eigenvalue weighted by molar-refractivity contribution is -0.301. The molecule has 22 heteroatoms. The zero-order valence-corrected chi connectivity index (χ0v) is 42.7. The van der Waals surface area contributed by atoms with Crippen molar-refractivity contribution in [3.05, 3.63) is 0 Å². The second-order valence-electron chi connectivity index (χ2n) is 20.2. The number of nitrogens with one attached hydrogen (secondary N) is 7. The van der Waals surface area contributed by atoms with E-state index >= 15 is 0 Å². The van der Waals surface area contributed by atoms with Crippen LogP contribution in [0.3, 0.4) is 0 Å². The Labute approximate surface area is 407 Å². The van der Waals surface area contributed by atoms with Crippen molar-refractivity contribution >= 4 is 41.4 Å². The van der Waals surface area contributed by atoms with Gasteiger partial charge in [0.25, 0.3) is 0 Å². The van der Waals surface area contributed by atoms with Crippen LogP contribution >= 0.6 is 0 Å². The Morgan fingerprint density at radius 2 is 1.01 bits per heavy atom. The van der Waals surface area contributed by atoms with Gasteiger partial charge in [0.2, 0.25) is 41.4 Å². The molecule has 0 bridgehead atoms. The minimum atomic E-state index is -1.57. The number of amides is 7. The molecular formula is C47H87N7O15. The summed E-state index contributed by atoms with van der Waals surface area (Å²) in [6.07, 6.45) is -9.01. The minimum Gasteiger partial charge on any atom is -0.394 e. The van der Waals surface area contributed by atoms with Crippen LogP contribution in [0.5, 0.6) is 0 Å². The van der Waals surface area contributed by atoms with Crippen LogP contribution in [0.2, 0.25) is 0 Å². The molecule has 0 aromatic rings. The van der Waals surface area contributed by atoms with Crippen molar-refractivity contribution in [1.82, 2.24) is 37.2 Å². The van der Waals surface area contributed by atoms with Crippen molar-refractivity contribution in [3.8, 4) is 0 Å². The fourth-order valence-electron chi connectivity index (χ4n) is 7.51. The standard InChI is InChI=1S/C47H87N7O15/c1-24(2)18-30(32(56)21-36(59)49-16-13-15-48-35(58)14-12-17-68-47-43(64)42(63)41(62)34(23-55)69-47)51-44(65)29(11)50-38(61)22-33(57)31(19-25(3)4)52-45(66)40(28(9)10)54-46(67)39(27(7)8)53-37(60)20-26(5)6/h24-34,39-43,47,55-57,62-64H,12-23H2,1-11H3,(H,48,58)(H,49,59)(H,50,61)(H,51,65)(H,52,66)(H,53,60)(H,54,67)/t29-,30-,31-,32-,33-,34+,39-,40-,41+,42-,43-,47-/m0/s1. The Bertz CT molecular complexity index is 1600. The van der Waals surface area contributed by atoms with Crippen molar-refractivity contribution in [1.29, 1.82) is 0 Å². The molecule has 0 radical (unpaired) electrons. The Morgan fingerprint density at radius 3 is 1.52 bits per heavy atom. The second-order valence-corrected chi connectivity index (χ2v) is 20.2. The lowest BCUT2D eigenvalue weighted by atomic mass is 9.95. The predicted molar refractivity (Wildman–Crippen MR) is 254 cm³/mol. The molecule has 1 rings (SSSR count). The van der Waals surface area contributed by atoms with Crippen molar-refractivity contribution in [3.63, 3.8) is 0 Å². The molecule has 0 saturated carbocycles. The molecule has 12 atom stereocenters. The normalized spacial score (nSPS) is 21.4. The van der Waals surface area contributed by atoms with E-state index in [1.165, 1.54) is 6.92 Å². The van der Waals surface area contributed by atoms with E-state index in [9.17, 15) is 64.2 Å². The maximum absolute atomic E-state index is 13.7. The SMILES string of the molecule is CC(C)CC(=O)N[C@H](C(=O)N[C@H](C(=O)N[C@@H](CC(C)C)[C@@H](O)CC(=O)N[C@@H](C)C(=O)N[C@@H](CC(C)C)[C@@H](O)CC(=O)NCCCNC(=O)CCCO[C@H]1O[C@H](CO)[C@@H](O)[C@H](O)[C@@H]1O)C(C)C)C(C)C. The molecule has 1 saturated heterocycles. The number of aliphatic hydroxyl groups excluding tert-OH is 6. The molecule has 0 aliphatic carbocycles. The van der Waals surface area contributed by atoms with Gasteiger partial charge in [-0.25, -0.2) is 0 Å². The molecule has 1 aliphatic heterocycles. The van der Waals surface area contributed by atoms with Gasteiger partial charge in [0.1, 0.15) is 42.5 Å². The molecule has 22 nitrogen and oxygen atoms in total. The highest BCUT2D eigenvalue weighted by atomic mass is 16.7. The van der Waals surface area contributed by atoms with Gasteiger partial charge in [-0.05, 0) is 62.2 Å². The number of ether oxygens (including phenoxy) is 2. The third kappa shape index (κ3) is 24.1. The van der Waals surface area contributed by atoms with Gasteiger partial charge in [-0.3, -0.25) is 33.6 Å². The molecular weight excluding hydrogens is 903 g/mol. The van der Waals surface area contributed by atoms with Crippen molar-refractivity contribution in [2.24, 2.45) is 29.6 Å². The van der Waals surface area contributed by atoms with Crippen molar-refractivity contribution in [2.75, 3.05) is 26.3 Å². The highest BCUT2D eigenvalue weighted by Crippen LogP contribution is 2.22. The number of carbonyl (C=O) groups excluding carboxylic acids is 7. The third-order valence-electron chi connectivity index (χ3n) is 11.4. The van der Waals surface area contributed by atoms with Crippen LogP contribution in [0.25, 0.3) is 0 Å². The summed E-state index contributed by atoms with van der Waals surface area (Å²) in [5, 5.41) is 80.4. The quantitative estimate of drug-likeness (QED) is 0.0345. The van der Waals surface area contributed by atoms with E-state index in [-0.39, 0.29) is 93.2 Å². The zero-order chi connectivity index (χ0) is 52.7. The van der Waals surface area contributed by atoms with Gasteiger partial charge in [0.15, 0.2) is 6.29 Å². The molecule has 1 heterocycles. The molecule has 1 aliphatic rings. The van der Waals surface area contributed by atoms with Crippen LogP contribution in [0.15, 0.2) is 0 Å².